The summed E-state index contributed by atoms with van der Waals surface area (Å²) >= 11 is 0. The summed E-state index contributed by atoms with van der Waals surface area (Å²) in [4.78, 5) is 0. The molecule has 0 saturated carbocycles. The molecule has 0 spiro atoms. The molecule has 2 bridgehead atoms. The lowest BCUT2D eigenvalue weighted by Gasteiger charge is -2.30. The Morgan fingerprint density at radius 2 is 1.62 bits per heavy atom. The minimum atomic E-state index is 0. The van der Waals surface area contributed by atoms with Crippen molar-refractivity contribution in [2.45, 2.75) is 68.2 Å². The fourth-order valence-electron chi connectivity index (χ4n) is 5.46. The minimum Gasteiger partial charge on any atom is -0.103 e. The average Bonchev–Trinajstić information content (AvgIpc) is 3.26. The highest BCUT2D eigenvalue weighted by atomic mass is 14.3. The lowest BCUT2D eigenvalue weighted by molar-refractivity contribution is 1.14. The van der Waals surface area contributed by atoms with Gasteiger partial charge < -0.3 is 0 Å². The molecule has 0 saturated heterocycles. The van der Waals surface area contributed by atoms with E-state index >= 15 is 0 Å². The third-order valence-electron chi connectivity index (χ3n) is 7.27. The lowest BCUT2D eigenvalue weighted by Crippen LogP contribution is -2.11. The van der Waals surface area contributed by atoms with Gasteiger partial charge in [-0.1, -0.05) is 146 Å². The molecule has 0 N–H and O–H groups in total. The predicted octanol–water partition coefficient (Wildman–Crippen LogP) is 13.0. The van der Waals surface area contributed by atoms with E-state index < -0.39 is 0 Å². The molecular formula is C42H52. The topological polar surface area (TPSA) is 0 Å². The number of allylic oxidation sites excluding steroid dienone is 21. The van der Waals surface area contributed by atoms with Crippen molar-refractivity contribution in [3.05, 3.63) is 162 Å². The van der Waals surface area contributed by atoms with Crippen LogP contribution in [0.5, 0.6) is 0 Å². The molecule has 3 aliphatic carbocycles. The smallest absolute Gasteiger partial charge is 0.00198 e. The third-order valence-corrected chi connectivity index (χ3v) is 7.27. The summed E-state index contributed by atoms with van der Waals surface area (Å²) in [5.41, 5.74) is 14.2. The van der Waals surface area contributed by atoms with E-state index in [9.17, 15) is 0 Å². The normalized spacial score (nSPS) is 17.5. The van der Waals surface area contributed by atoms with Gasteiger partial charge in [-0.2, -0.15) is 0 Å². The first-order chi connectivity index (χ1) is 19.5. The first kappa shape index (κ1) is 35.9. The standard InChI is InChI=1S/C38H38.C2H6.2CH4/c1-7-10-13-19-28(5)35-34(18-8-2)33(9-3)37(30-21-14-11-12-15-22-30)38-32-25-24-27(4)31(26-32)23-17-16-20-29(6)36(35)38;1-2;;/h7-11,13-16,19-25H,2-3,5-6,12,17-18,26H2,1,4H3;1-2H3;2*1H4/b10-7-,19-13-,20-16-,31-23+;;;. The maximum absolute atomic E-state index is 4.62. The van der Waals surface area contributed by atoms with Gasteiger partial charge in [0, 0.05) is 0 Å². The van der Waals surface area contributed by atoms with E-state index in [2.05, 4.69) is 106 Å². The molecule has 0 nitrogen and oxygen atoms in total. The molecule has 0 atom stereocenters. The van der Waals surface area contributed by atoms with Crippen molar-refractivity contribution < 1.29 is 0 Å². The Morgan fingerprint density at radius 3 is 2.31 bits per heavy atom. The fourth-order valence-corrected chi connectivity index (χ4v) is 5.46. The maximum Gasteiger partial charge on any atom is -0.00198 e. The van der Waals surface area contributed by atoms with Crippen LogP contribution in [0.15, 0.2) is 129 Å². The van der Waals surface area contributed by atoms with Gasteiger partial charge in [0.15, 0.2) is 0 Å². The summed E-state index contributed by atoms with van der Waals surface area (Å²) in [6.07, 6.45) is 38.0. The number of hydrogen-bond acceptors (Lipinski definition) is 0. The van der Waals surface area contributed by atoms with Crippen molar-refractivity contribution >= 4 is 28.4 Å². The fraction of sp³-hybridized carbons (Fsp3) is 0.238. The first-order valence-electron chi connectivity index (χ1n) is 14.4. The van der Waals surface area contributed by atoms with Crippen LogP contribution >= 0.6 is 0 Å². The Bertz CT molecular complexity index is 1460. The van der Waals surface area contributed by atoms with E-state index in [0.717, 1.165) is 47.1 Å². The Kier molecular flexibility index (Phi) is 15.0. The molecule has 0 heteroatoms. The van der Waals surface area contributed by atoms with Gasteiger partial charge in [0.2, 0.25) is 0 Å². The zero-order valence-electron chi connectivity index (χ0n) is 24.9. The molecular weight excluding hydrogens is 504 g/mol. The molecule has 3 aliphatic rings. The van der Waals surface area contributed by atoms with Crippen LogP contribution in [0.3, 0.4) is 0 Å². The predicted molar refractivity (Wildman–Crippen MR) is 196 cm³/mol. The highest BCUT2D eigenvalue weighted by Crippen LogP contribution is 2.47. The zero-order chi connectivity index (χ0) is 29.1. The van der Waals surface area contributed by atoms with Crippen LogP contribution in [0.2, 0.25) is 0 Å². The van der Waals surface area contributed by atoms with Crippen molar-refractivity contribution in [3.63, 3.8) is 0 Å². The van der Waals surface area contributed by atoms with Crippen LogP contribution in [0.4, 0.5) is 0 Å². The van der Waals surface area contributed by atoms with Gasteiger partial charge in [-0.15, -0.1) is 6.58 Å². The monoisotopic (exact) mass is 556 g/mol. The third kappa shape index (κ3) is 7.77. The Labute approximate surface area is 258 Å². The minimum absolute atomic E-state index is 0. The lowest BCUT2D eigenvalue weighted by atomic mass is 9.74. The number of benzene rings is 1. The molecule has 0 radical (unpaired) electrons. The van der Waals surface area contributed by atoms with Crippen molar-refractivity contribution in [2.75, 3.05) is 0 Å². The molecule has 0 aromatic heterocycles. The van der Waals surface area contributed by atoms with Crippen molar-refractivity contribution in [2.24, 2.45) is 0 Å². The second-order valence-corrected chi connectivity index (χ2v) is 9.80. The summed E-state index contributed by atoms with van der Waals surface area (Å²) in [7, 11) is 0. The van der Waals surface area contributed by atoms with Gasteiger partial charge in [0.05, 0.1) is 0 Å². The van der Waals surface area contributed by atoms with Gasteiger partial charge in [0.1, 0.15) is 0 Å². The summed E-state index contributed by atoms with van der Waals surface area (Å²) in [5.74, 6) is 0. The van der Waals surface area contributed by atoms with Crippen LogP contribution in [-0.2, 0) is 6.42 Å². The van der Waals surface area contributed by atoms with Crippen LogP contribution < -0.4 is 0 Å². The van der Waals surface area contributed by atoms with Gasteiger partial charge in [0.25, 0.3) is 0 Å². The van der Waals surface area contributed by atoms with Crippen molar-refractivity contribution in [1.82, 2.24) is 0 Å². The van der Waals surface area contributed by atoms with Crippen molar-refractivity contribution in [1.29, 1.82) is 0 Å². The van der Waals surface area contributed by atoms with Gasteiger partial charge in [-0.3, -0.25) is 0 Å². The summed E-state index contributed by atoms with van der Waals surface area (Å²) in [5, 5.41) is 0. The molecule has 0 fully saturated rings. The zero-order valence-corrected chi connectivity index (χ0v) is 24.9. The van der Waals surface area contributed by atoms with E-state index in [4.69, 9.17) is 0 Å². The molecule has 0 aliphatic heterocycles. The summed E-state index contributed by atoms with van der Waals surface area (Å²) in [6.45, 7) is 25.9. The average molecular weight is 557 g/mol. The van der Waals surface area contributed by atoms with E-state index in [1.807, 2.05) is 45.1 Å². The Morgan fingerprint density at radius 1 is 0.881 bits per heavy atom. The second kappa shape index (κ2) is 17.6. The SMILES string of the molecule is C.C.C=CCc1c(C=C)c(C2=CC=CCC=C2)c2c(c1C(=C)/C=C\C=C/C)C(=C)/C=C\C/C=C1\CC2=CC=C1C.CC. The van der Waals surface area contributed by atoms with Crippen LogP contribution in [0, 0.1) is 0 Å². The number of hydrogen-bond donors (Lipinski definition) is 0. The molecule has 1 aromatic rings. The summed E-state index contributed by atoms with van der Waals surface area (Å²) in [6, 6.07) is 0. The molecule has 0 heterocycles. The molecule has 0 unspecified atom stereocenters. The second-order valence-electron chi connectivity index (χ2n) is 9.80. The van der Waals surface area contributed by atoms with E-state index in [-0.39, 0.29) is 14.9 Å². The Balaban J connectivity index is 0.00000216. The van der Waals surface area contributed by atoms with E-state index in [1.54, 1.807) is 0 Å². The van der Waals surface area contributed by atoms with Crippen LogP contribution in [-0.4, -0.2) is 0 Å². The highest BCUT2D eigenvalue weighted by Gasteiger charge is 2.28. The molecule has 0 amide bonds. The maximum atomic E-state index is 4.62. The largest absolute Gasteiger partial charge is 0.103 e. The van der Waals surface area contributed by atoms with E-state index in [1.165, 1.54) is 39.0 Å². The van der Waals surface area contributed by atoms with E-state index in [0.29, 0.717) is 6.42 Å². The molecule has 1 aromatic carbocycles. The molecule has 4 rings (SSSR count). The Hall–Kier alpha value is -4.16. The van der Waals surface area contributed by atoms with Crippen LogP contribution in [0.1, 0.15) is 95.2 Å². The molecule has 42 heavy (non-hydrogen) atoms. The van der Waals surface area contributed by atoms with Gasteiger partial charge >= 0.3 is 0 Å². The highest BCUT2D eigenvalue weighted by molar-refractivity contribution is 6.01. The van der Waals surface area contributed by atoms with Gasteiger partial charge in [-0.25, -0.2) is 0 Å². The van der Waals surface area contributed by atoms with Gasteiger partial charge in [-0.05, 0) is 106 Å². The quantitative estimate of drug-likeness (QED) is 0.231. The van der Waals surface area contributed by atoms with Crippen molar-refractivity contribution in [3.8, 4) is 0 Å². The molecule has 220 valence electrons. The summed E-state index contributed by atoms with van der Waals surface area (Å²) < 4.78 is 0. The number of fused-ring (bicyclic) bond motifs is 4. The van der Waals surface area contributed by atoms with Crippen LogP contribution in [0.25, 0.3) is 28.4 Å². The number of rotatable bonds is 7. The first-order valence-corrected chi connectivity index (χ1v) is 14.4.